The SMILES string of the molecule is CCc1ccc(-c2cc3c(=O)n(Cc4noc(CN5CCSCC5)n4)ccn3n2)cc1. The van der Waals surface area contributed by atoms with Gasteiger partial charge in [-0.2, -0.15) is 21.8 Å². The highest BCUT2D eigenvalue weighted by Gasteiger charge is 2.16. The second kappa shape index (κ2) is 8.68. The van der Waals surface area contributed by atoms with Gasteiger partial charge in [0, 0.05) is 42.6 Å². The first kappa shape index (κ1) is 20.0. The van der Waals surface area contributed by atoms with E-state index in [-0.39, 0.29) is 12.1 Å². The van der Waals surface area contributed by atoms with Gasteiger partial charge in [0.2, 0.25) is 5.89 Å². The van der Waals surface area contributed by atoms with E-state index in [1.54, 1.807) is 21.5 Å². The summed E-state index contributed by atoms with van der Waals surface area (Å²) in [6, 6.07) is 10.1. The molecular formula is C22H24N6O2S. The van der Waals surface area contributed by atoms with Crippen LogP contribution in [0, 0.1) is 0 Å². The normalized spacial score (nSPS) is 15.0. The van der Waals surface area contributed by atoms with Crippen LogP contribution < -0.4 is 5.56 Å². The van der Waals surface area contributed by atoms with Gasteiger partial charge in [-0.3, -0.25) is 9.69 Å². The first-order valence-corrected chi connectivity index (χ1v) is 11.6. The van der Waals surface area contributed by atoms with Crippen LogP contribution in [0.4, 0.5) is 0 Å². The maximum Gasteiger partial charge on any atom is 0.277 e. The standard InChI is InChI=1S/C22H24N6O2S/c1-2-16-3-5-17(6-4-16)18-13-19-22(29)27(7-8-28(19)24-18)14-20-23-21(30-25-20)15-26-9-11-31-12-10-26/h3-8,13H,2,9-12,14-15H2,1H3. The van der Waals surface area contributed by atoms with Crippen LogP contribution in [0.3, 0.4) is 0 Å². The Hall–Kier alpha value is -2.91. The molecule has 1 saturated heterocycles. The highest BCUT2D eigenvalue weighted by molar-refractivity contribution is 7.99. The molecule has 0 aliphatic carbocycles. The average molecular weight is 437 g/mol. The molecule has 0 N–H and O–H groups in total. The Morgan fingerprint density at radius 1 is 1.10 bits per heavy atom. The predicted octanol–water partition coefficient (Wildman–Crippen LogP) is 2.71. The summed E-state index contributed by atoms with van der Waals surface area (Å²) in [6.45, 7) is 5.11. The van der Waals surface area contributed by atoms with Gasteiger partial charge in [-0.25, -0.2) is 4.52 Å². The number of rotatable bonds is 6. The van der Waals surface area contributed by atoms with Crippen molar-refractivity contribution in [2.24, 2.45) is 0 Å². The monoisotopic (exact) mass is 436 g/mol. The van der Waals surface area contributed by atoms with Gasteiger partial charge in [0.05, 0.1) is 18.8 Å². The van der Waals surface area contributed by atoms with Gasteiger partial charge >= 0.3 is 0 Å². The van der Waals surface area contributed by atoms with Crippen LogP contribution in [-0.4, -0.2) is 53.8 Å². The van der Waals surface area contributed by atoms with Crippen molar-refractivity contribution in [2.75, 3.05) is 24.6 Å². The lowest BCUT2D eigenvalue weighted by molar-refractivity contribution is 0.245. The maximum atomic E-state index is 13.0. The summed E-state index contributed by atoms with van der Waals surface area (Å²) in [7, 11) is 0. The zero-order chi connectivity index (χ0) is 21.2. The van der Waals surface area contributed by atoms with E-state index in [4.69, 9.17) is 4.52 Å². The lowest BCUT2D eigenvalue weighted by Crippen LogP contribution is -2.32. The van der Waals surface area contributed by atoms with E-state index in [0.717, 1.165) is 42.3 Å². The molecule has 1 aliphatic rings. The molecule has 0 unspecified atom stereocenters. The predicted molar refractivity (Wildman–Crippen MR) is 120 cm³/mol. The van der Waals surface area contributed by atoms with Gasteiger partial charge in [-0.1, -0.05) is 36.3 Å². The van der Waals surface area contributed by atoms with Crippen molar-refractivity contribution in [1.29, 1.82) is 0 Å². The van der Waals surface area contributed by atoms with Crippen molar-refractivity contribution in [3.63, 3.8) is 0 Å². The van der Waals surface area contributed by atoms with Crippen molar-refractivity contribution in [2.45, 2.75) is 26.4 Å². The molecule has 5 rings (SSSR count). The Balaban J connectivity index is 1.35. The molecule has 4 aromatic rings. The topological polar surface area (TPSA) is 81.5 Å². The molecule has 9 heteroatoms. The van der Waals surface area contributed by atoms with Crippen molar-refractivity contribution in [3.05, 3.63) is 70.4 Å². The number of hydrogen-bond donors (Lipinski definition) is 0. The summed E-state index contributed by atoms with van der Waals surface area (Å²) in [6.07, 6.45) is 4.49. The molecule has 0 saturated carbocycles. The van der Waals surface area contributed by atoms with Crippen LogP contribution in [0.15, 0.2) is 52.0 Å². The molecule has 0 spiro atoms. The second-order valence-corrected chi connectivity index (χ2v) is 8.86. The van der Waals surface area contributed by atoms with Gasteiger partial charge in [0.25, 0.3) is 5.56 Å². The minimum Gasteiger partial charge on any atom is -0.338 e. The number of thioether (sulfide) groups is 1. The fraction of sp³-hybridized carbons (Fsp3) is 0.364. The van der Waals surface area contributed by atoms with Crippen LogP contribution in [0.1, 0.15) is 24.2 Å². The Morgan fingerprint density at radius 2 is 1.90 bits per heavy atom. The van der Waals surface area contributed by atoms with Gasteiger partial charge in [0.1, 0.15) is 5.52 Å². The third-order valence-corrected chi connectivity index (χ3v) is 6.49. The molecule has 8 nitrogen and oxygen atoms in total. The number of hydrogen-bond acceptors (Lipinski definition) is 7. The minimum atomic E-state index is -0.133. The number of aromatic nitrogens is 5. The second-order valence-electron chi connectivity index (χ2n) is 7.63. The van der Waals surface area contributed by atoms with E-state index in [1.165, 1.54) is 5.56 Å². The molecule has 160 valence electrons. The van der Waals surface area contributed by atoms with Gasteiger partial charge in [-0.15, -0.1) is 0 Å². The third kappa shape index (κ3) is 4.28. The molecule has 0 bridgehead atoms. The molecule has 1 aliphatic heterocycles. The van der Waals surface area contributed by atoms with E-state index in [1.807, 2.05) is 30.0 Å². The molecule has 4 heterocycles. The zero-order valence-electron chi connectivity index (χ0n) is 17.4. The Labute approximate surface area is 183 Å². The number of nitrogens with zero attached hydrogens (tertiary/aromatic N) is 6. The zero-order valence-corrected chi connectivity index (χ0v) is 18.2. The Bertz CT molecular complexity index is 1240. The lowest BCUT2D eigenvalue weighted by Gasteiger charge is -2.24. The minimum absolute atomic E-state index is 0.133. The molecular weight excluding hydrogens is 412 g/mol. The highest BCUT2D eigenvalue weighted by Crippen LogP contribution is 2.19. The molecule has 0 amide bonds. The van der Waals surface area contributed by atoms with Crippen molar-refractivity contribution in [3.8, 4) is 11.3 Å². The van der Waals surface area contributed by atoms with Crippen molar-refractivity contribution < 1.29 is 4.52 Å². The molecule has 0 radical (unpaired) electrons. The van der Waals surface area contributed by atoms with E-state index in [0.29, 0.717) is 23.8 Å². The van der Waals surface area contributed by atoms with Crippen LogP contribution in [0.5, 0.6) is 0 Å². The summed E-state index contributed by atoms with van der Waals surface area (Å²) in [5.74, 6) is 3.36. The van der Waals surface area contributed by atoms with E-state index < -0.39 is 0 Å². The van der Waals surface area contributed by atoms with Crippen LogP contribution >= 0.6 is 11.8 Å². The molecule has 0 atom stereocenters. The maximum absolute atomic E-state index is 13.0. The first-order chi connectivity index (χ1) is 15.2. The fourth-order valence-electron chi connectivity index (χ4n) is 3.72. The van der Waals surface area contributed by atoms with Crippen molar-refractivity contribution >= 4 is 17.3 Å². The third-order valence-electron chi connectivity index (χ3n) is 5.55. The highest BCUT2D eigenvalue weighted by atomic mass is 32.2. The van der Waals surface area contributed by atoms with Crippen LogP contribution in [0.2, 0.25) is 0 Å². The average Bonchev–Trinajstić information content (AvgIpc) is 3.44. The van der Waals surface area contributed by atoms with Crippen LogP contribution in [-0.2, 0) is 19.5 Å². The molecule has 1 aromatic carbocycles. The summed E-state index contributed by atoms with van der Waals surface area (Å²) in [4.78, 5) is 19.8. The summed E-state index contributed by atoms with van der Waals surface area (Å²) in [5, 5.41) is 8.63. The Kier molecular flexibility index (Phi) is 5.61. The summed E-state index contributed by atoms with van der Waals surface area (Å²) < 4.78 is 8.62. The Morgan fingerprint density at radius 3 is 2.68 bits per heavy atom. The quantitative estimate of drug-likeness (QED) is 0.460. The lowest BCUT2D eigenvalue weighted by atomic mass is 10.1. The van der Waals surface area contributed by atoms with Gasteiger partial charge in [0.15, 0.2) is 5.82 Å². The first-order valence-electron chi connectivity index (χ1n) is 10.5. The molecule has 1 fully saturated rings. The molecule has 31 heavy (non-hydrogen) atoms. The largest absolute Gasteiger partial charge is 0.338 e. The van der Waals surface area contributed by atoms with Crippen molar-refractivity contribution in [1.82, 2.24) is 29.2 Å². The van der Waals surface area contributed by atoms with E-state index in [9.17, 15) is 4.79 Å². The smallest absolute Gasteiger partial charge is 0.277 e. The van der Waals surface area contributed by atoms with E-state index >= 15 is 0 Å². The fourth-order valence-corrected chi connectivity index (χ4v) is 4.70. The van der Waals surface area contributed by atoms with Gasteiger partial charge < -0.3 is 9.09 Å². The summed E-state index contributed by atoms with van der Waals surface area (Å²) >= 11 is 1.97. The number of benzene rings is 1. The summed E-state index contributed by atoms with van der Waals surface area (Å²) in [5.41, 5.74) is 3.43. The van der Waals surface area contributed by atoms with Crippen LogP contribution in [0.25, 0.3) is 16.8 Å². The number of aryl methyl sites for hydroxylation is 1. The van der Waals surface area contributed by atoms with E-state index in [2.05, 4.69) is 39.2 Å². The molecule has 3 aromatic heterocycles. The van der Waals surface area contributed by atoms with Gasteiger partial charge in [-0.05, 0) is 18.1 Å². The number of fused-ring (bicyclic) bond motifs is 1.